The van der Waals surface area contributed by atoms with Crippen molar-refractivity contribution in [2.45, 2.75) is 39.3 Å². The lowest BCUT2D eigenvalue weighted by Gasteiger charge is -2.34. The summed E-state index contributed by atoms with van der Waals surface area (Å²) < 4.78 is 1.13. The molecule has 0 aliphatic rings. The van der Waals surface area contributed by atoms with E-state index >= 15 is 0 Å². The summed E-state index contributed by atoms with van der Waals surface area (Å²) in [4.78, 5) is 3.59. The zero-order valence-electron chi connectivity index (χ0n) is 11.8. The first-order chi connectivity index (χ1) is 9.03. The molecule has 0 amide bonds. The Bertz CT molecular complexity index is 427. The Balaban J connectivity index is 2.98. The van der Waals surface area contributed by atoms with Crippen molar-refractivity contribution in [3.63, 3.8) is 0 Å². The quantitative estimate of drug-likeness (QED) is 0.819. The summed E-state index contributed by atoms with van der Waals surface area (Å²) in [6.45, 7) is 7.87. The molecule has 0 saturated heterocycles. The summed E-state index contributed by atoms with van der Waals surface area (Å²) in [5.74, 6) is 0.0231. The number of hydrogen-bond acceptors (Lipinski definition) is 4. The second-order valence-electron chi connectivity index (χ2n) is 4.78. The van der Waals surface area contributed by atoms with Crippen LogP contribution in [0.1, 0.15) is 38.1 Å². The van der Waals surface area contributed by atoms with E-state index < -0.39 is 0 Å². The smallest absolute Gasteiger partial charge is 0.0702 e. The number of nitrogens with zero attached hydrogens (tertiary/aromatic N) is 2. The van der Waals surface area contributed by atoms with Crippen molar-refractivity contribution >= 4 is 27.3 Å². The molecule has 0 saturated carbocycles. The molecule has 0 aliphatic carbocycles. The summed E-state index contributed by atoms with van der Waals surface area (Å²) in [5.41, 5.74) is 6.32. The van der Waals surface area contributed by atoms with E-state index in [4.69, 9.17) is 11.0 Å². The molecule has 0 spiro atoms. The molecule has 0 radical (unpaired) electrons. The lowest BCUT2D eigenvalue weighted by atomic mass is 10.0. The van der Waals surface area contributed by atoms with Crippen LogP contribution >= 0.6 is 27.3 Å². The van der Waals surface area contributed by atoms with Gasteiger partial charge in [0.1, 0.15) is 0 Å². The molecule has 2 N–H and O–H groups in total. The second-order valence-corrected chi connectivity index (χ2v) is 7.27. The number of likely N-dealkylation sites (N-methyl/N-ethyl adjacent to an activating group) is 1. The van der Waals surface area contributed by atoms with Crippen LogP contribution in [0.2, 0.25) is 0 Å². The maximum atomic E-state index is 9.02. The maximum absolute atomic E-state index is 9.02. The number of nitrogens with two attached hydrogens (primary N) is 1. The monoisotopic (exact) mass is 343 g/mol. The summed E-state index contributed by atoms with van der Waals surface area (Å²) in [6, 6.07) is 6.80. The van der Waals surface area contributed by atoms with Crippen molar-refractivity contribution < 1.29 is 0 Å². The minimum atomic E-state index is 0.0231. The number of thiophene rings is 1. The van der Waals surface area contributed by atoms with E-state index in [0.29, 0.717) is 0 Å². The molecule has 1 heterocycles. The van der Waals surface area contributed by atoms with Crippen LogP contribution < -0.4 is 5.73 Å². The summed E-state index contributed by atoms with van der Waals surface area (Å²) in [7, 11) is 0. The van der Waals surface area contributed by atoms with Crippen LogP contribution in [0.4, 0.5) is 0 Å². The average Bonchev–Trinajstić information content (AvgIpc) is 2.83. The SMILES string of the molecule is CCC(N)C(c1ccc(Br)s1)N(CC)CC(C)C#N. The fourth-order valence-electron chi connectivity index (χ4n) is 2.20. The fourth-order valence-corrected chi connectivity index (χ4v) is 3.84. The summed E-state index contributed by atoms with van der Waals surface area (Å²) in [5, 5.41) is 9.02. The van der Waals surface area contributed by atoms with Crippen LogP contribution in [0, 0.1) is 17.2 Å². The van der Waals surface area contributed by atoms with Crippen molar-refractivity contribution in [1.82, 2.24) is 4.90 Å². The molecule has 1 aromatic heterocycles. The molecular formula is C14H22BrN3S. The maximum Gasteiger partial charge on any atom is 0.0702 e. The minimum Gasteiger partial charge on any atom is -0.326 e. The van der Waals surface area contributed by atoms with Crippen LogP contribution in [0.15, 0.2) is 15.9 Å². The fraction of sp³-hybridized carbons (Fsp3) is 0.643. The first-order valence-electron chi connectivity index (χ1n) is 6.67. The Labute approximate surface area is 128 Å². The van der Waals surface area contributed by atoms with E-state index in [2.05, 4.69) is 52.9 Å². The van der Waals surface area contributed by atoms with Gasteiger partial charge in [0.2, 0.25) is 0 Å². The molecular weight excluding hydrogens is 322 g/mol. The van der Waals surface area contributed by atoms with Gasteiger partial charge in [-0.1, -0.05) is 13.8 Å². The van der Waals surface area contributed by atoms with Gasteiger partial charge in [0.25, 0.3) is 0 Å². The van der Waals surface area contributed by atoms with Crippen molar-refractivity contribution in [3.8, 4) is 6.07 Å². The molecule has 0 bridgehead atoms. The first-order valence-corrected chi connectivity index (χ1v) is 8.28. The Kier molecular flexibility index (Phi) is 7.01. The van der Waals surface area contributed by atoms with Crippen LogP contribution in [0.25, 0.3) is 0 Å². The number of halogens is 1. The molecule has 3 atom stereocenters. The van der Waals surface area contributed by atoms with E-state index in [1.54, 1.807) is 11.3 Å². The Morgan fingerprint density at radius 3 is 2.58 bits per heavy atom. The third-order valence-corrected chi connectivity index (χ3v) is 4.99. The third kappa shape index (κ3) is 4.57. The highest BCUT2D eigenvalue weighted by molar-refractivity contribution is 9.11. The van der Waals surface area contributed by atoms with Gasteiger partial charge in [0.15, 0.2) is 0 Å². The molecule has 0 aromatic carbocycles. The predicted octanol–water partition coefficient (Wildman–Crippen LogP) is 3.77. The van der Waals surface area contributed by atoms with Crippen molar-refractivity contribution in [2.75, 3.05) is 13.1 Å². The Morgan fingerprint density at radius 2 is 2.16 bits per heavy atom. The standard InChI is InChI=1S/C14H22BrN3S/c1-4-11(17)14(12-6-7-13(15)19-12)18(5-2)9-10(3)8-16/h6-7,10-11,14H,4-5,9,17H2,1-3H3. The highest BCUT2D eigenvalue weighted by Gasteiger charge is 2.27. The minimum absolute atomic E-state index is 0.0231. The van der Waals surface area contributed by atoms with Gasteiger partial charge < -0.3 is 5.73 Å². The normalized spacial score (nSPS) is 16.1. The van der Waals surface area contributed by atoms with E-state index in [1.165, 1.54) is 4.88 Å². The van der Waals surface area contributed by atoms with Gasteiger partial charge in [-0.05, 0) is 48.0 Å². The van der Waals surface area contributed by atoms with Gasteiger partial charge in [-0.2, -0.15) is 5.26 Å². The van der Waals surface area contributed by atoms with Crippen molar-refractivity contribution in [3.05, 3.63) is 20.8 Å². The predicted molar refractivity (Wildman–Crippen MR) is 85.1 cm³/mol. The zero-order valence-corrected chi connectivity index (χ0v) is 14.2. The molecule has 3 unspecified atom stereocenters. The van der Waals surface area contributed by atoms with Crippen molar-refractivity contribution in [2.24, 2.45) is 11.7 Å². The molecule has 1 aromatic rings. The summed E-state index contributed by atoms with van der Waals surface area (Å²) in [6.07, 6.45) is 0.928. The Hall–Kier alpha value is -0.410. The van der Waals surface area contributed by atoms with Gasteiger partial charge in [0.05, 0.1) is 21.8 Å². The van der Waals surface area contributed by atoms with Crippen LogP contribution in [0.5, 0.6) is 0 Å². The van der Waals surface area contributed by atoms with E-state index in [1.807, 2.05) is 6.92 Å². The van der Waals surface area contributed by atoms with Gasteiger partial charge in [-0.25, -0.2) is 0 Å². The average molecular weight is 344 g/mol. The molecule has 3 nitrogen and oxygen atoms in total. The van der Waals surface area contributed by atoms with Gasteiger partial charge >= 0.3 is 0 Å². The van der Waals surface area contributed by atoms with Gasteiger partial charge in [-0.3, -0.25) is 4.90 Å². The van der Waals surface area contributed by atoms with Crippen LogP contribution in [-0.2, 0) is 0 Å². The molecule has 0 fully saturated rings. The zero-order chi connectivity index (χ0) is 14.4. The second kappa shape index (κ2) is 8.01. The van der Waals surface area contributed by atoms with Gasteiger partial charge in [-0.15, -0.1) is 11.3 Å². The van der Waals surface area contributed by atoms with Crippen LogP contribution in [-0.4, -0.2) is 24.0 Å². The van der Waals surface area contributed by atoms with Crippen molar-refractivity contribution in [1.29, 1.82) is 5.26 Å². The molecule has 106 valence electrons. The molecule has 5 heteroatoms. The number of nitriles is 1. The third-order valence-electron chi connectivity index (χ3n) is 3.29. The number of hydrogen-bond donors (Lipinski definition) is 1. The Morgan fingerprint density at radius 1 is 1.47 bits per heavy atom. The van der Waals surface area contributed by atoms with E-state index in [0.717, 1.165) is 23.3 Å². The lowest BCUT2D eigenvalue weighted by Crippen LogP contribution is -2.42. The number of rotatable bonds is 7. The topological polar surface area (TPSA) is 53.0 Å². The lowest BCUT2D eigenvalue weighted by molar-refractivity contribution is 0.169. The van der Waals surface area contributed by atoms with Gasteiger partial charge in [0, 0.05) is 17.5 Å². The van der Waals surface area contributed by atoms with Crippen LogP contribution in [0.3, 0.4) is 0 Å². The first kappa shape index (κ1) is 16.6. The molecule has 1 rings (SSSR count). The van der Waals surface area contributed by atoms with E-state index in [9.17, 15) is 0 Å². The highest BCUT2D eigenvalue weighted by Crippen LogP contribution is 2.33. The molecule has 19 heavy (non-hydrogen) atoms. The largest absolute Gasteiger partial charge is 0.326 e. The highest BCUT2D eigenvalue weighted by atomic mass is 79.9. The summed E-state index contributed by atoms with van der Waals surface area (Å²) >= 11 is 5.24. The molecule has 0 aliphatic heterocycles. The van der Waals surface area contributed by atoms with E-state index in [-0.39, 0.29) is 18.0 Å².